The minimum absolute atomic E-state index is 0.0805. The van der Waals surface area contributed by atoms with Gasteiger partial charge in [-0.15, -0.1) is 0 Å². The van der Waals surface area contributed by atoms with Crippen molar-refractivity contribution in [3.8, 4) is 11.5 Å². The molecule has 0 saturated heterocycles. The number of Topliss-reactive ketones (excluding diaryl/α,β-unsaturated/α-hetero) is 1. The second kappa shape index (κ2) is 5.92. The van der Waals surface area contributed by atoms with Crippen LogP contribution in [0.2, 0.25) is 0 Å². The zero-order valence-electron chi connectivity index (χ0n) is 14.1. The predicted molar refractivity (Wildman–Crippen MR) is 91.1 cm³/mol. The monoisotopic (exact) mass is 328 g/mol. The Morgan fingerprint density at radius 2 is 1.79 bits per heavy atom. The van der Waals surface area contributed by atoms with E-state index >= 15 is 0 Å². The Balaban J connectivity index is 2.06. The van der Waals surface area contributed by atoms with Gasteiger partial charge in [-0.1, -0.05) is 0 Å². The zero-order chi connectivity index (χ0) is 17.4. The third kappa shape index (κ3) is 2.58. The van der Waals surface area contributed by atoms with Crippen molar-refractivity contribution in [2.24, 2.45) is 5.73 Å². The minimum atomic E-state index is -0.0805. The molecule has 1 aliphatic rings. The number of carbonyl (C=O) groups excluding carboxylic acids is 1. The lowest BCUT2D eigenvalue weighted by molar-refractivity contribution is -0.112. The van der Waals surface area contributed by atoms with Gasteiger partial charge in [0.05, 0.1) is 32.1 Å². The second-order valence-electron chi connectivity index (χ2n) is 5.64. The highest BCUT2D eigenvalue weighted by Gasteiger charge is 2.32. The molecular formula is C17H20N4O3. The van der Waals surface area contributed by atoms with E-state index in [4.69, 9.17) is 15.2 Å². The van der Waals surface area contributed by atoms with Crippen molar-refractivity contribution in [3.05, 3.63) is 41.2 Å². The normalized spacial score (nSPS) is 14.5. The molecule has 0 bridgehead atoms. The molecule has 0 aliphatic carbocycles. The number of ketones is 1. The number of H-pyrrole nitrogens is 1. The summed E-state index contributed by atoms with van der Waals surface area (Å²) in [4.78, 5) is 21.7. The van der Waals surface area contributed by atoms with E-state index in [1.54, 1.807) is 25.2 Å². The smallest absolute Gasteiger partial charge is 0.189 e. The van der Waals surface area contributed by atoms with Crippen molar-refractivity contribution in [2.75, 3.05) is 25.7 Å². The van der Waals surface area contributed by atoms with Crippen molar-refractivity contribution >= 4 is 17.0 Å². The summed E-state index contributed by atoms with van der Waals surface area (Å²) in [6.45, 7) is 3.94. The van der Waals surface area contributed by atoms with Crippen LogP contribution in [-0.4, -0.2) is 36.5 Å². The van der Waals surface area contributed by atoms with Crippen LogP contribution in [0, 0.1) is 13.8 Å². The van der Waals surface area contributed by atoms with Crippen LogP contribution in [0.3, 0.4) is 0 Å². The number of aromatic amines is 1. The minimum Gasteiger partial charge on any atom is -0.497 e. The quantitative estimate of drug-likeness (QED) is 0.888. The molecule has 1 aromatic carbocycles. The Morgan fingerprint density at radius 1 is 1.17 bits per heavy atom. The molecule has 2 heterocycles. The van der Waals surface area contributed by atoms with Gasteiger partial charge >= 0.3 is 0 Å². The first-order chi connectivity index (χ1) is 11.4. The van der Waals surface area contributed by atoms with Crippen molar-refractivity contribution < 1.29 is 14.3 Å². The number of aryl methyl sites for hydroxylation is 2. The Labute approximate surface area is 140 Å². The molecule has 0 spiro atoms. The van der Waals surface area contributed by atoms with E-state index in [0.29, 0.717) is 28.7 Å². The molecule has 7 nitrogen and oxygen atoms in total. The number of nitrogens with one attached hydrogen (secondary N) is 1. The number of hydrogen-bond acceptors (Lipinski definition) is 6. The maximum Gasteiger partial charge on any atom is 0.189 e. The van der Waals surface area contributed by atoms with Crippen molar-refractivity contribution in [2.45, 2.75) is 13.8 Å². The fraction of sp³-hybridized carbons (Fsp3) is 0.294. The largest absolute Gasteiger partial charge is 0.497 e. The summed E-state index contributed by atoms with van der Waals surface area (Å²) in [7, 11) is 3.15. The van der Waals surface area contributed by atoms with Crippen LogP contribution < -0.4 is 20.1 Å². The fourth-order valence-electron chi connectivity index (χ4n) is 2.68. The third-order valence-electron chi connectivity index (χ3n) is 4.14. The van der Waals surface area contributed by atoms with Crippen molar-refractivity contribution in [1.82, 2.24) is 9.97 Å². The first-order valence-electron chi connectivity index (χ1n) is 7.51. The summed E-state index contributed by atoms with van der Waals surface area (Å²) in [5.41, 5.74) is 9.17. The number of hydrogen-bond donors (Lipinski definition) is 2. The molecule has 7 heteroatoms. The Bertz CT molecular complexity index is 797. The highest BCUT2D eigenvalue weighted by molar-refractivity contribution is 6.25. The maximum atomic E-state index is 12.5. The number of rotatable bonds is 4. The van der Waals surface area contributed by atoms with E-state index in [1.165, 1.54) is 0 Å². The number of imidazole rings is 1. The molecule has 3 rings (SSSR count). The van der Waals surface area contributed by atoms with Crippen LogP contribution in [0.5, 0.6) is 11.5 Å². The SMILES string of the molecule is COc1cc(OC)cc(N2CC(=O)C(c3nc(C)c(C)[nH]3)=C2N)c1. The second-order valence-corrected chi connectivity index (χ2v) is 5.64. The van der Waals surface area contributed by atoms with Gasteiger partial charge in [0.2, 0.25) is 0 Å². The molecule has 1 aromatic heterocycles. The van der Waals surface area contributed by atoms with Gasteiger partial charge in [0.1, 0.15) is 28.7 Å². The van der Waals surface area contributed by atoms with Gasteiger partial charge in [-0.25, -0.2) is 4.98 Å². The van der Waals surface area contributed by atoms with Gasteiger partial charge in [-0.2, -0.15) is 0 Å². The Hall–Kier alpha value is -2.96. The molecule has 0 amide bonds. The van der Waals surface area contributed by atoms with Crippen LogP contribution in [-0.2, 0) is 4.79 Å². The molecule has 0 unspecified atom stereocenters. The summed E-state index contributed by atoms with van der Waals surface area (Å²) in [6, 6.07) is 5.38. The molecule has 1 aliphatic heterocycles. The molecule has 2 aromatic rings. The van der Waals surface area contributed by atoms with E-state index in [1.807, 2.05) is 26.0 Å². The average Bonchev–Trinajstić information content (AvgIpc) is 3.05. The van der Waals surface area contributed by atoms with E-state index in [2.05, 4.69) is 9.97 Å². The van der Waals surface area contributed by atoms with Crippen LogP contribution in [0.15, 0.2) is 24.0 Å². The third-order valence-corrected chi connectivity index (χ3v) is 4.14. The summed E-state index contributed by atoms with van der Waals surface area (Å²) in [5, 5.41) is 0. The van der Waals surface area contributed by atoms with E-state index in [-0.39, 0.29) is 12.3 Å². The summed E-state index contributed by atoms with van der Waals surface area (Å²) in [5.74, 6) is 2.04. The molecule has 126 valence electrons. The zero-order valence-corrected chi connectivity index (χ0v) is 14.1. The lowest BCUT2D eigenvalue weighted by Crippen LogP contribution is -2.25. The summed E-state index contributed by atoms with van der Waals surface area (Å²) in [6.07, 6.45) is 0. The van der Waals surface area contributed by atoms with E-state index in [9.17, 15) is 4.79 Å². The van der Waals surface area contributed by atoms with Gasteiger partial charge in [0.15, 0.2) is 5.78 Å². The number of methoxy groups -OCH3 is 2. The first kappa shape index (κ1) is 15.9. The number of ether oxygens (including phenoxy) is 2. The molecule has 24 heavy (non-hydrogen) atoms. The predicted octanol–water partition coefficient (Wildman–Crippen LogP) is 1.76. The average molecular weight is 328 g/mol. The van der Waals surface area contributed by atoms with E-state index < -0.39 is 0 Å². The van der Waals surface area contributed by atoms with Crippen LogP contribution in [0.25, 0.3) is 5.57 Å². The van der Waals surface area contributed by atoms with Gasteiger partial charge in [0, 0.05) is 23.9 Å². The van der Waals surface area contributed by atoms with Crippen molar-refractivity contribution in [1.29, 1.82) is 0 Å². The van der Waals surface area contributed by atoms with Crippen molar-refractivity contribution in [3.63, 3.8) is 0 Å². The molecule has 0 radical (unpaired) electrons. The maximum absolute atomic E-state index is 12.5. The van der Waals surface area contributed by atoms with Gasteiger partial charge in [0.25, 0.3) is 0 Å². The summed E-state index contributed by atoms with van der Waals surface area (Å²) >= 11 is 0. The van der Waals surface area contributed by atoms with E-state index in [0.717, 1.165) is 17.1 Å². The first-order valence-corrected chi connectivity index (χ1v) is 7.51. The highest BCUT2D eigenvalue weighted by atomic mass is 16.5. The molecule has 3 N–H and O–H groups in total. The Kier molecular flexibility index (Phi) is 3.92. The molecule has 0 fully saturated rings. The number of anilines is 1. The fourth-order valence-corrected chi connectivity index (χ4v) is 2.68. The lowest BCUT2D eigenvalue weighted by Gasteiger charge is -2.20. The number of benzene rings is 1. The Morgan fingerprint density at radius 3 is 2.29 bits per heavy atom. The summed E-state index contributed by atoms with van der Waals surface area (Å²) < 4.78 is 10.6. The standard InChI is InChI=1S/C17H20N4O3/c1-9-10(2)20-17(19-9)15-14(22)8-21(16(15)18)11-5-12(23-3)7-13(6-11)24-4/h5-7H,8,18H2,1-4H3,(H,19,20). The molecule has 0 atom stereocenters. The van der Waals surface area contributed by atoms with Gasteiger partial charge < -0.3 is 25.1 Å². The number of aromatic nitrogens is 2. The molecule has 0 saturated carbocycles. The molecular weight excluding hydrogens is 308 g/mol. The van der Waals surface area contributed by atoms with Crippen LogP contribution in [0.1, 0.15) is 17.2 Å². The van der Waals surface area contributed by atoms with Gasteiger partial charge in [-0.05, 0) is 13.8 Å². The van der Waals surface area contributed by atoms with Crippen LogP contribution in [0.4, 0.5) is 5.69 Å². The number of nitrogens with zero attached hydrogens (tertiary/aromatic N) is 2. The number of nitrogens with two attached hydrogens (primary N) is 1. The topological polar surface area (TPSA) is 93.5 Å². The number of carbonyl (C=O) groups is 1. The lowest BCUT2D eigenvalue weighted by atomic mass is 10.2. The van der Waals surface area contributed by atoms with Crippen LogP contribution >= 0.6 is 0 Å². The van der Waals surface area contributed by atoms with Gasteiger partial charge in [-0.3, -0.25) is 4.79 Å². The highest BCUT2D eigenvalue weighted by Crippen LogP contribution is 2.34.